The molecule has 1 aromatic heterocycles. The second kappa shape index (κ2) is 6.54. The van der Waals surface area contributed by atoms with E-state index in [0.717, 1.165) is 46.9 Å². The molecule has 23 heavy (non-hydrogen) atoms. The van der Waals surface area contributed by atoms with Crippen LogP contribution in [0.5, 0.6) is 5.75 Å². The van der Waals surface area contributed by atoms with E-state index in [0.29, 0.717) is 6.54 Å². The summed E-state index contributed by atoms with van der Waals surface area (Å²) < 4.78 is 7.52. The van der Waals surface area contributed by atoms with Gasteiger partial charge in [-0.15, -0.1) is 0 Å². The van der Waals surface area contributed by atoms with Crippen LogP contribution in [0.25, 0.3) is 10.9 Å². The fourth-order valence-electron chi connectivity index (χ4n) is 3.71. The first-order valence-electron chi connectivity index (χ1n) is 8.54. The van der Waals surface area contributed by atoms with Crippen molar-refractivity contribution < 1.29 is 9.84 Å². The number of ether oxygens (including phenoxy) is 1. The molecule has 1 atom stereocenters. The van der Waals surface area contributed by atoms with Crippen LogP contribution in [-0.2, 0) is 7.05 Å². The Morgan fingerprint density at radius 1 is 1.30 bits per heavy atom. The Bertz CT molecular complexity index is 684. The van der Waals surface area contributed by atoms with Gasteiger partial charge in [-0.25, -0.2) is 0 Å². The first kappa shape index (κ1) is 16.3. The van der Waals surface area contributed by atoms with E-state index in [1.165, 1.54) is 12.8 Å². The molecule has 0 unspecified atom stereocenters. The number of aryl methyl sites for hydroxylation is 1. The topological polar surface area (TPSA) is 37.6 Å². The summed E-state index contributed by atoms with van der Waals surface area (Å²) >= 11 is 0. The van der Waals surface area contributed by atoms with Crippen LogP contribution < -0.4 is 4.74 Å². The SMILES string of the molecule is COc1ccc2c(c1)c([C@H](O)CN1CCC(C)CC1)c(C)n2C. The average molecular weight is 316 g/mol. The molecule has 0 aliphatic carbocycles. The second-order valence-corrected chi connectivity index (χ2v) is 6.94. The predicted octanol–water partition coefficient (Wildman–Crippen LogP) is 3.26. The number of aliphatic hydroxyl groups is 1. The minimum absolute atomic E-state index is 0.459. The monoisotopic (exact) mass is 316 g/mol. The molecular formula is C19H28N2O2. The third-order valence-electron chi connectivity index (χ3n) is 5.39. The zero-order valence-electron chi connectivity index (χ0n) is 14.7. The number of aliphatic hydroxyl groups excluding tert-OH is 1. The molecule has 2 heterocycles. The predicted molar refractivity (Wildman–Crippen MR) is 94.0 cm³/mol. The van der Waals surface area contributed by atoms with Crippen LogP contribution in [0.1, 0.15) is 37.1 Å². The summed E-state index contributed by atoms with van der Waals surface area (Å²) in [7, 11) is 3.74. The maximum atomic E-state index is 10.9. The van der Waals surface area contributed by atoms with Gasteiger partial charge in [-0.05, 0) is 57.0 Å². The third-order valence-corrected chi connectivity index (χ3v) is 5.39. The molecule has 126 valence electrons. The van der Waals surface area contributed by atoms with Crippen molar-refractivity contribution in [1.82, 2.24) is 9.47 Å². The summed E-state index contributed by atoms with van der Waals surface area (Å²) in [4.78, 5) is 2.39. The Morgan fingerprint density at radius 3 is 2.65 bits per heavy atom. The molecule has 1 aliphatic rings. The fraction of sp³-hybridized carbons (Fsp3) is 0.579. The molecule has 1 fully saturated rings. The Kier molecular flexibility index (Phi) is 4.64. The lowest BCUT2D eigenvalue weighted by Crippen LogP contribution is -2.36. The van der Waals surface area contributed by atoms with Crippen molar-refractivity contribution in [3.8, 4) is 5.75 Å². The van der Waals surface area contributed by atoms with Crippen LogP contribution in [0.4, 0.5) is 0 Å². The van der Waals surface area contributed by atoms with E-state index in [-0.39, 0.29) is 0 Å². The van der Waals surface area contributed by atoms with Gasteiger partial charge < -0.3 is 19.3 Å². The summed E-state index contributed by atoms with van der Waals surface area (Å²) in [6, 6.07) is 6.09. The number of hydrogen-bond donors (Lipinski definition) is 1. The Labute approximate surface area is 138 Å². The van der Waals surface area contributed by atoms with Crippen molar-refractivity contribution >= 4 is 10.9 Å². The highest BCUT2D eigenvalue weighted by Crippen LogP contribution is 2.33. The van der Waals surface area contributed by atoms with E-state index in [2.05, 4.69) is 36.4 Å². The maximum absolute atomic E-state index is 10.9. The summed E-state index contributed by atoms with van der Waals surface area (Å²) in [6.45, 7) is 7.29. The standard InChI is InChI=1S/C19H28N2O2/c1-13-7-9-21(10-8-13)12-18(22)19-14(2)20(3)17-6-5-15(23-4)11-16(17)19/h5-6,11,13,18,22H,7-10,12H2,1-4H3/t18-/m1/s1. The minimum atomic E-state index is -0.459. The smallest absolute Gasteiger partial charge is 0.119 e. The lowest BCUT2D eigenvalue weighted by molar-refractivity contribution is 0.0920. The van der Waals surface area contributed by atoms with Crippen molar-refractivity contribution in [3.05, 3.63) is 29.5 Å². The molecule has 4 heteroatoms. The quantitative estimate of drug-likeness (QED) is 0.941. The van der Waals surface area contributed by atoms with Crippen molar-refractivity contribution in [2.45, 2.75) is 32.8 Å². The van der Waals surface area contributed by atoms with Crippen molar-refractivity contribution in [1.29, 1.82) is 0 Å². The minimum Gasteiger partial charge on any atom is -0.497 e. The van der Waals surface area contributed by atoms with Gasteiger partial charge in [0, 0.05) is 35.8 Å². The molecule has 0 radical (unpaired) electrons. The molecule has 1 aromatic carbocycles. The number of piperidine rings is 1. The molecule has 0 spiro atoms. The number of fused-ring (bicyclic) bond motifs is 1. The summed E-state index contributed by atoms with van der Waals surface area (Å²) in [5.74, 6) is 1.65. The number of likely N-dealkylation sites (tertiary alicyclic amines) is 1. The normalized spacial score (nSPS) is 18.5. The van der Waals surface area contributed by atoms with Crippen molar-refractivity contribution in [2.24, 2.45) is 13.0 Å². The van der Waals surface area contributed by atoms with Gasteiger partial charge in [0.15, 0.2) is 0 Å². The van der Waals surface area contributed by atoms with E-state index < -0.39 is 6.10 Å². The third kappa shape index (κ3) is 3.10. The first-order valence-corrected chi connectivity index (χ1v) is 8.54. The summed E-state index contributed by atoms with van der Waals surface area (Å²) in [6.07, 6.45) is 2.00. The number of β-amino-alcohol motifs (C(OH)–C–C–N with tert-alkyl or cyclic N) is 1. The van der Waals surface area contributed by atoms with E-state index in [9.17, 15) is 5.11 Å². The first-order chi connectivity index (χ1) is 11.0. The van der Waals surface area contributed by atoms with Crippen molar-refractivity contribution in [2.75, 3.05) is 26.7 Å². The van der Waals surface area contributed by atoms with Crippen LogP contribution in [0.3, 0.4) is 0 Å². The molecule has 4 nitrogen and oxygen atoms in total. The fourth-order valence-corrected chi connectivity index (χ4v) is 3.71. The zero-order chi connectivity index (χ0) is 16.6. The number of hydrogen-bond acceptors (Lipinski definition) is 3. The van der Waals surface area contributed by atoms with Gasteiger partial charge in [-0.1, -0.05) is 6.92 Å². The molecule has 0 amide bonds. The highest BCUT2D eigenvalue weighted by atomic mass is 16.5. The van der Waals surface area contributed by atoms with Gasteiger partial charge in [-0.3, -0.25) is 0 Å². The van der Waals surface area contributed by atoms with E-state index in [1.807, 2.05) is 12.1 Å². The van der Waals surface area contributed by atoms with Gasteiger partial charge >= 0.3 is 0 Å². The highest BCUT2D eigenvalue weighted by molar-refractivity contribution is 5.87. The van der Waals surface area contributed by atoms with Crippen LogP contribution in [-0.4, -0.2) is 41.3 Å². The molecule has 0 bridgehead atoms. The van der Waals surface area contributed by atoms with E-state index in [4.69, 9.17) is 4.74 Å². The molecule has 2 aromatic rings. The van der Waals surface area contributed by atoms with Crippen LogP contribution in [0, 0.1) is 12.8 Å². The Morgan fingerprint density at radius 2 is 2.00 bits per heavy atom. The molecular weight excluding hydrogens is 288 g/mol. The maximum Gasteiger partial charge on any atom is 0.119 e. The van der Waals surface area contributed by atoms with Gasteiger partial charge in [-0.2, -0.15) is 0 Å². The number of rotatable bonds is 4. The number of nitrogens with zero attached hydrogens (tertiary/aromatic N) is 2. The Hall–Kier alpha value is -1.52. The van der Waals surface area contributed by atoms with Crippen LogP contribution >= 0.6 is 0 Å². The summed E-state index contributed by atoms with van der Waals surface area (Å²) in [5, 5.41) is 12.0. The molecule has 1 saturated heterocycles. The van der Waals surface area contributed by atoms with Crippen LogP contribution in [0.15, 0.2) is 18.2 Å². The van der Waals surface area contributed by atoms with Gasteiger partial charge in [0.05, 0.1) is 13.2 Å². The molecule has 3 rings (SSSR count). The number of aromatic nitrogens is 1. The van der Waals surface area contributed by atoms with E-state index >= 15 is 0 Å². The molecule has 1 N–H and O–H groups in total. The number of methoxy groups -OCH3 is 1. The summed E-state index contributed by atoms with van der Waals surface area (Å²) in [5.41, 5.74) is 3.32. The zero-order valence-corrected chi connectivity index (χ0v) is 14.7. The van der Waals surface area contributed by atoms with Gasteiger partial charge in [0.1, 0.15) is 5.75 Å². The van der Waals surface area contributed by atoms with Crippen LogP contribution in [0.2, 0.25) is 0 Å². The molecule has 0 saturated carbocycles. The Balaban J connectivity index is 1.90. The van der Waals surface area contributed by atoms with Crippen molar-refractivity contribution in [3.63, 3.8) is 0 Å². The molecule has 1 aliphatic heterocycles. The largest absolute Gasteiger partial charge is 0.497 e. The van der Waals surface area contributed by atoms with E-state index in [1.54, 1.807) is 7.11 Å². The van der Waals surface area contributed by atoms with Gasteiger partial charge in [0.25, 0.3) is 0 Å². The lowest BCUT2D eigenvalue weighted by atomic mass is 9.98. The second-order valence-electron chi connectivity index (χ2n) is 6.94. The number of benzene rings is 1. The average Bonchev–Trinajstić information content (AvgIpc) is 2.80. The highest BCUT2D eigenvalue weighted by Gasteiger charge is 2.23. The lowest BCUT2D eigenvalue weighted by Gasteiger charge is -2.31. The van der Waals surface area contributed by atoms with Gasteiger partial charge in [0.2, 0.25) is 0 Å².